The minimum Gasteiger partial charge on any atom is -0.476 e. The second-order valence-corrected chi connectivity index (χ2v) is 9.44. The highest BCUT2D eigenvalue weighted by Crippen LogP contribution is 2.38. The van der Waals surface area contributed by atoms with E-state index < -0.39 is 46.7 Å². The molecule has 3 rings (SSSR count). The van der Waals surface area contributed by atoms with E-state index in [0.29, 0.717) is 18.6 Å². The van der Waals surface area contributed by atoms with Gasteiger partial charge in [-0.05, 0) is 49.2 Å². The number of rotatable bonds is 8. The van der Waals surface area contributed by atoms with Crippen LogP contribution in [0.15, 0.2) is 41.3 Å². The Kier molecular flexibility index (Phi) is 8.42. The van der Waals surface area contributed by atoms with Crippen molar-refractivity contribution in [3.63, 3.8) is 0 Å². The first-order valence-corrected chi connectivity index (χ1v) is 11.7. The molecular weight excluding hydrogens is 546 g/mol. The Morgan fingerprint density at radius 2 is 1.65 bits per heavy atom. The monoisotopic (exact) mass is 562 g/mol. The van der Waals surface area contributed by atoms with E-state index in [-0.39, 0.29) is 46.1 Å². The fourth-order valence-electron chi connectivity index (χ4n) is 3.28. The molecule has 1 N–H and O–H groups in total. The molecule has 14 heteroatoms. The van der Waals surface area contributed by atoms with Crippen molar-refractivity contribution in [1.82, 2.24) is 9.88 Å². The number of carboxylic acid groups (broad SMARTS) is 1. The fourth-order valence-corrected chi connectivity index (χ4v) is 4.58. The first kappa shape index (κ1) is 28.3. The third-order valence-corrected chi connectivity index (χ3v) is 6.46. The molecule has 1 saturated heterocycles. The van der Waals surface area contributed by atoms with Crippen LogP contribution >= 0.6 is 24.0 Å². The lowest BCUT2D eigenvalue weighted by Gasteiger charge is -2.14. The summed E-state index contributed by atoms with van der Waals surface area (Å²) in [4.78, 5) is 39.9. The number of thiocarbonyl (C=S) groups is 1. The first-order valence-electron chi connectivity index (χ1n) is 10.4. The number of nitrogens with zero attached hydrogens (tertiary/aromatic N) is 2. The Balaban J connectivity index is 1.82. The third kappa shape index (κ3) is 7.16. The van der Waals surface area contributed by atoms with Crippen molar-refractivity contribution in [1.29, 1.82) is 0 Å². The molecule has 0 bridgehead atoms. The molecule has 1 fully saturated rings. The lowest BCUT2D eigenvalue weighted by Crippen LogP contribution is -2.29. The zero-order chi connectivity index (χ0) is 27.5. The molecule has 0 unspecified atom stereocenters. The summed E-state index contributed by atoms with van der Waals surface area (Å²) in [6.07, 6.45) is -8.37. The Labute approximate surface area is 215 Å². The number of benzene rings is 1. The summed E-state index contributed by atoms with van der Waals surface area (Å²) in [5.74, 6) is -2.98. The van der Waals surface area contributed by atoms with Crippen LogP contribution in [-0.4, -0.2) is 43.5 Å². The number of hydrogen-bond acceptors (Lipinski definition) is 6. The zero-order valence-corrected chi connectivity index (χ0v) is 20.2. The number of hydrogen-bond donors (Lipinski definition) is 1. The van der Waals surface area contributed by atoms with E-state index in [1.54, 1.807) is 0 Å². The summed E-state index contributed by atoms with van der Waals surface area (Å²) in [6.45, 7) is 0.132. The van der Waals surface area contributed by atoms with Gasteiger partial charge < -0.3 is 5.11 Å². The molecule has 1 aromatic carbocycles. The Bertz CT molecular complexity index is 1260. The SMILES string of the molecule is O=C(O)C(=O)CCCCN1C(=O)C(=Cc2cccc(-c3cc(C(F)(F)F)cc(C(F)(F)F)c3)n2)SC1=S. The quantitative estimate of drug-likeness (QED) is 0.143. The van der Waals surface area contributed by atoms with Crippen LogP contribution in [0.5, 0.6) is 0 Å². The van der Waals surface area contributed by atoms with Crippen molar-refractivity contribution in [3.8, 4) is 11.3 Å². The van der Waals surface area contributed by atoms with Gasteiger partial charge in [0.25, 0.3) is 5.91 Å². The molecule has 6 nitrogen and oxygen atoms in total. The summed E-state index contributed by atoms with van der Waals surface area (Å²) in [7, 11) is 0. The molecule has 1 amide bonds. The van der Waals surface area contributed by atoms with Gasteiger partial charge in [0, 0.05) is 18.5 Å². The maximum atomic E-state index is 13.2. The molecule has 2 aromatic rings. The second-order valence-electron chi connectivity index (χ2n) is 7.76. The maximum absolute atomic E-state index is 13.2. The summed E-state index contributed by atoms with van der Waals surface area (Å²) in [6, 6.07) is 5.20. The lowest BCUT2D eigenvalue weighted by molar-refractivity contribution is -0.149. The van der Waals surface area contributed by atoms with E-state index in [4.69, 9.17) is 17.3 Å². The van der Waals surface area contributed by atoms with Gasteiger partial charge in [-0.25, -0.2) is 9.78 Å². The number of thioether (sulfide) groups is 1. The molecule has 0 radical (unpaired) electrons. The van der Waals surface area contributed by atoms with Gasteiger partial charge in [-0.2, -0.15) is 26.3 Å². The second kappa shape index (κ2) is 11.0. The van der Waals surface area contributed by atoms with Gasteiger partial charge in [0.05, 0.1) is 27.4 Å². The summed E-state index contributed by atoms with van der Waals surface area (Å²) in [5.41, 5.74) is -3.41. The lowest BCUT2D eigenvalue weighted by atomic mass is 10.0. The van der Waals surface area contributed by atoms with Crippen LogP contribution in [0.1, 0.15) is 36.1 Å². The van der Waals surface area contributed by atoms with E-state index >= 15 is 0 Å². The first-order chi connectivity index (χ1) is 17.2. The largest absolute Gasteiger partial charge is 0.476 e. The number of alkyl halides is 6. The normalized spacial score (nSPS) is 15.5. The molecular formula is C23H16F6N2O4S2. The predicted octanol–water partition coefficient (Wildman–Crippen LogP) is 5.81. The highest BCUT2D eigenvalue weighted by atomic mass is 32.2. The highest BCUT2D eigenvalue weighted by molar-refractivity contribution is 8.26. The van der Waals surface area contributed by atoms with Crippen LogP contribution in [0.25, 0.3) is 17.3 Å². The smallest absolute Gasteiger partial charge is 0.416 e. The molecule has 0 spiro atoms. The zero-order valence-electron chi connectivity index (χ0n) is 18.5. The van der Waals surface area contributed by atoms with Crippen molar-refractivity contribution >= 4 is 52.0 Å². The van der Waals surface area contributed by atoms with Crippen LogP contribution in [0.4, 0.5) is 26.3 Å². The van der Waals surface area contributed by atoms with Gasteiger partial charge in [-0.3, -0.25) is 14.5 Å². The number of carbonyl (C=O) groups is 3. The van der Waals surface area contributed by atoms with Crippen LogP contribution < -0.4 is 0 Å². The number of ketones is 1. The van der Waals surface area contributed by atoms with Gasteiger partial charge in [0.1, 0.15) is 4.32 Å². The number of amides is 1. The van der Waals surface area contributed by atoms with Crippen molar-refractivity contribution in [2.45, 2.75) is 31.6 Å². The van der Waals surface area contributed by atoms with E-state index in [1.165, 1.54) is 29.2 Å². The maximum Gasteiger partial charge on any atom is 0.416 e. The predicted molar refractivity (Wildman–Crippen MR) is 126 cm³/mol. The number of carboxylic acids is 1. The average Bonchev–Trinajstić information content (AvgIpc) is 3.07. The molecule has 196 valence electrons. The van der Waals surface area contributed by atoms with Gasteiger partial charge in [-0.15, -0.1) is 0 Å². The summed E-state index contributed by atoms with van der Waals surface area (Å²) in [5, 5.41) is 8.59. The third-order valence-electron chi connectivity index (χ3n) is 5.08. The highest BCUT2D eigenvalue weighted by Gasteiger charge is 2.37. The Morgan fingerprint density at radius 1 is 1.03 bits per heavy atom. The van der Waals surface area contributed by atoms with E-state index in [9.17, 15) is 40.7 Å². The minimum atomic E-state index is -5.01. The number of pyridine rings is 1. The minimum absolute atomic E-state index is 0.0241. The molecule has 2 heterocycles. The summed E-state index contributed by atoms with van der Waals surface area (Å²) >= 11 is 6.12. The van der Waals surface area contributed by atoms with Crippen LogP contribution in [0.2, 0.25) is 0 Å². The molecule has 0 aliphatic carbocycles. The average molecular weight is 563 g/mol. The van der Waals surface area contributed by atoms with Crippen LogP contribution in [-0.2, 0) is 26.7 Å². The van der Waals surface area contributed by atoms with Gasteiger partial charge in [-0.1, -0.05) is 30.0 Å². The molecule has 1 aromatic heterocycles. The molecule has 1 aliphatic heterocycles. The van der Waals surface area contributed by atoms with Crippen molar-refractivity contribution < 1.29 is 45.8 Å². The van der Waals surface area contributed by atoms with Crippen molar-refractivity contribution in [2.24, 2.45) is 0 Å². The molecule has 37 heavy (non-hydrogen) atoms. The van der Waals surface area contributed by atoms with Crippen LogP contribution in [0, 0.1) is 0 Å². The molecule has 0 atom stereocenters. The number of aliphatic carboxylic acids is 1. The number of carbonyl (C=O) groups excluding carboxylic acids is 2. The summed E-state index contributed by atoms with van der Waals surface area (Å²) < 4.78 is 79.4. The van der Waals surface area contributed by atoms with Crippen molar-refractivity contribution in [2.75, 3.05) is 6.54 Å². The number of Topliss-reactive ketones (excluding diaryl/α,β-unsaturated/α-hetero) is 1. The molecule has 1 aliphatic rings. The number of aromatic nitrogens is 1. The van der Waals surface area contributed by atoms with Crippen molar-refractivity contribution in [3.05, 3.63) is 58.1 Å². The number of unbranched alkanes of at least 4 members (excludes halogenated alkanes) is 1. The number of halogens is 6. The Hall–Kier alpha value is -3.26. The standard InChI is InChI=1S/C23H16F6N2O4S2/c24-22(25,26)13-8-12(9-14(10-13)23(27,28)29)16-5-3-4-15(30-16)11-18-19(33)31(21(36)37-18)7-2-1-6-17(32)20(34)35/h3-5,8-11H,1-2,6-7H2,(H,34,35). The Morgan fingerprint density at radius 3 is 2.22 bits per heavy atom. The van der Waals surface area contributed by atoms with Gasteiger partial charge in [0.2, 0.25) is 5.78 Å². The van der Waals surface area contributed by atoms with Crippen LogP contribution in [0.3, 0.4) is 0 Å². The topological polar surface area (TPSA) is 87.6 Å². The molecule has 0 saturated carbocycles. The van der Waals surface area contributed by atoms with Gasteiger partial charge in [0.15, 0.2) is 0 Å². The van der Waals surface area contributed by atoms with E-state index in [1.807, 2.05) is 0 Å². The van der Waals surface area contributed by atoms with E-state index in [2.05, 4.69) is 4.98 Å². The van der Waals surface area contributed by atoms with Gasteiger partial charge >= 0.3 is 18.3 Å². The fraction of sp³-hybridized carbons (Fsp3) is 0.261. The van der Waals surface area contributed by atoms with E-state index in [0.717, 1.165) is 11.8 Å².